The molecular formula is C18H24N2O4. The van der Waals surface area contributed by atoms with Gasteiger partial charge in [0.1, 0.15) is 5.75 Å². The van der Waals surface area contributed by atoms with Crippen LogP contribution >= 0.6 is 0 Å². The van der Waals surface area contributed by atoms with Crippen LogP contribution in [0.1, 0.15) is 38.1 Å². The lowest BCUT2D eigenvalue weighted by molar-refractivity contribution is -0.131. The van der Waals surface area contributed by atoms with Crippen LogP contribution in [0.3, 0.4) is 0 Å². The summed E-state index contributed by atoms with van der Waals surface area (Å²) in [6.45, 7) is 7.87. The Balaban J connectivity index is 2.43. The maximum absolute atomic E-state index is 12.0. The minimum absolute atomic E-state index is 0.174. The van der Waals surface area contributed by atoms with Crippen LogP contribution in [-0.2, 0) is 9.59 Å². The van der Waals surface area contributed by atoms with Gasteiger partial charge in [-0.1, -0.05) is 25.5 Å². The van der Waals surface area contributed by atoms with Crippen molar-refractivity contribution in [1.82, 2.24) is 10.6 Å². The summed E-state index contributed by atoms with van der Waals surface area (Å²) < 4.78 is 4.94. The second kappa shape index (κ2) is 9.50. The highest BCUT2D eigenvalue weighted by Gasteiger charge is 2.07. The predicted octanol–water partition coefficient (Wildman–Crippen LogP) is 2.06. The van der Waals surface area contributed by atoms with Crippen molar-refractivity contribution in [1.29, 1.82) is 0 Å². The average molecular weight is 332 g/mol. The van der Waals surface area contributed by atoms with Gasteiger partial charge in [-0.3, -0.25) is 14.4 Å². The Morgan fingerprint density at radius 2 is 1.79 bits per heavy atom. The van der Waals surface area contributed by atoms with Crippen LogP contribution in [0.25, 0.3) is 0 Å². The lowest BCUT2D eigenvalue weighted by atomic mass is 10.1. The number of esters is 1. The van der Waals surface area contributed by atoms with Crippen molar-refractivity contribution in [2.45, 2.75) is 27.7 Å². The van der Waals surface area contributed by atoms with Crippen LogP contribution in [0.4, 0.5) is 0 Å². The molecule has 0 aromatic heterocycles. The van der Waals surface area contributed by atoms with Gasteiger partial charge >= 0.3 is 5.97 Å². The molecule has 0 aliphatic heterocycles. The number of rotatable bonds is 7. The Morgan fingerprint density at radius 1 is 1.12 bits per heavy atom. The van der Waals surface area contributed by atoms with E-state index in [0.29, 0.717) is 30.3 Å². The van der Waals surface area contributed by atoms with Gasteiger partial charge in [-0.05, 0) is 31.0 Å². The molecule has 0 unspecified atom stereocenters. The Hall–Kier alpha value is -2.63. The van der Waals surface area contributed by atoms with Crippen molar-refractivity contribution in [3.8, 4) is 5.75 Å². The number of amides is 2. The third kappa shape index (κ3) is 7.09. The maximum Gasteiger partial charge on any atom is 0.308 e. The summed E-state index contributed by atoms with van der Waals surface area (Å²) in [6, 6.07) is 6.34. The fraction of sp³-hybridized carbons (Fsp3) is 0.389. The standard InChI is InChI=1S/C18H24N2O4/c1-12(2)13(3)10-17(22)19-8-9-20-18(23)15-6-5-7-16(11-15)24-14(4)21/h5-7,10-12H,8-9H2,1-4H3,(H,19,22)(H,20,23)/b13-10+. The number of hydrogen-bond donors (Lipinski definition) is 2. The Kier molecular flexibility index (Phi) is 7.68. The summed E-state index contributed by atoms with van der Waals surface area (Å²) in [5, 5.41) is 5.41. The maximum atomic E-state index is 12.0. The molecule has 130 valence electrons. The second-order valence-corrected chi connectivity index (χ2v) is 5.71. The van der Waals surface area contributed by atoms with Crippen LogP contribution in [0, 0.1) is 5.92 Å². The molecule has 6 nitrogen and oxygen atoms in total. The minimum atomic E-state index is -0.444. The summed E-state index contributed by atoms with van der Waals surface area (Å²) in [4.78, 5) is 34.6. The second-order valence-electron chi connectivity index (χ2n) is 5.71. The summed E-state index contributed by atoms with van der Waals surface area (Å²) in [7, 11) is 0. The van der Waals surface area contributed by atoms with E-state index in [-0.39, 0.29) is 11.8 Å². The molecule has 2 amide bonds. The van der Waals surface area contributed by atoms with Crippen LogP contribution in [0.2, 0.25) is 0 Å². The highest BCUT2D eigenvalue weighted by Crippen LogP contribution is 2.13. The monoisotopic (exact) mass is 332 g/mol. The molecule has 0 saturated heterocycles. The number of hydrogen-bond acceptors (Lipinski definition) is 4. The topological polar surface area (TPSA) is 84.5 Å². The van der Waals surface area contributed by atoms with E-state index in [1.807, 2.05) is 20.8 Å². The number of allylic oxidation sites excluding steroid dienone is 1. The van der Waals surface area contributed by atoms with Crippen molar-refractivity contribution < 1.29 is 19.1 Å². The molecule has 6 heteroatoms. The summed E-state index contributed by atoms with van der Waals surface area (Å²) in [6.07, 6.45) is 1.56. The van der Waals surface area contributed by atoms with E-state index in [2.05, 4.69) is 10.6 Å². The molecule has 0 fully saturated rings. The lowest BCUT2D eigenvalue weighted by Gasteiger charge is -2.08. The van der Waals surface area contributed by atoms with E-state index >= 15 is 0 Å². The predicted molar refractivity (Wildman–Crippen MR) is 91.7 cm³/mol. The normalized spacial score (nSPS) is 11.1. The molecule has 1 aromatic carbocycles. The zero-order chi connectivity index (χ0) is 18.1. The van der Waals surface area contributed by atoms with Crippen LogP contribution in [0.5, 0.6) is 5.75 Å². The van der Waals surface area contributed by atoms with Gasteiger partial charge in [0.15, 0.2) is 0 Å². The van der Waals surface area contributed by atoms with E-state index in [1.54, 1.807) is 24.3 Å². The first-order valence-corrected chi connectivity index (χ1v) is 7.82. The molecule has 0 saturated carbocycles. The van der Waals surface area contributed by atoms with Gasteiger partial charge in [-0.25, -0.2) is 0 Å². The van der Waals surface area contributed by atoms with Crippen LogP contribution in [0.15, 0.2) is 35.9 Å². The van der Waals surface area contributed by atoms with Gasteiger partial charge in [-0.15, -0.1) is 0 Å². The number of ether oxygens (including phenoxy) is 1. The van der Waals surface area contributed by atoms with Gasteiger partial charge < -0.3 is 15.4 Å². The number of carbonyl (C=O) groups is 3. The van der Waals surface area contributed by atoms with E-state index < -0.39 is 5.97 Å². The molecular weight excluding hydrogens is 308 g/mol. The highest BCUT2D eigenvalue weighted by molar-refractivity contribution is 5.94. The molecule has 0 aliphatic rings. The zero-order valence-corrected chi connectivity index (χ0v) is 14.5. The fourth-order valence-corrected chi connectivity index (χ4v) is 1.76. The molecule has 0 radical (unpaired) electrons. The average Bonchev–Trinajstić information content (AvgIpc) is 2.50. The molecule has 2 N–H and O–H groups in total. The molecule has 0 atom stereocenters. The Bertz CT molecular complexity index is 636. The van der Waals surface area contributed by atoms with Crippen molar-refractivity contribution in [2.75, 3.05) is 13.1 Å². The number of carbonyl (C=O) groups excluding carboxylic acids is 3. The van der Waals surface area contributed by atoms with Crippen LogP contribution in [-0.4, -0.2) is 30.9 Å². The largest absolute Gasteiger partial charge is 0.427 e. The van der Waals surface area contributed by atoms with Gasteiger partial charge in [0.25, 0.3) is 5.91 Å². The summed E-state index contributed by atoms with van der Waals surface area (Å²) in [5.74, 6) is -0.280. The highest BCUT2D eigenvalue weighted by atomic mass is 16.5. The van der Waals surface area contributed by atoms with Gasteiger partial charge in [0, 0.05) is 31.7 Å². The minimum Gasteiger partial charge on any atom is -0.427 e. The van der Waals surface area contributed by atoms with Gasteiger partial charge in [0.2, 0.25) is 5.91 Å². The SMILES string of the molecule is CC(=O)Oc1cccc(C(=O)NCCNC(=O)/C=C(\C)C(C)C)c1. The molecule has 24 heavy (non-hydrogen) atoms. The number of nitrogens with one attached hydrogen (secondary N) is 2. The zero-order valence-electron chi connectivity index (χ0n) is 14.5. The Morgan fingerprint density at radius 3 is 2.42 bits per heavy atom. The van der Waals surface area contributed by atoms with E-state index in [9.17, 15) is 14.4 Å². The smallest absolute Gasteiger partial charge is 0.308 e. The lowest BCUT2D eigenvalue weighted by Crippen LogP contribution is -2.34. The van der Waals surface area contributed by atoms with E-state index in [0.717, 1.165) is 5.57 Å². The Labute approximate surface area is 142 Å². The first kappa shape index (κ1) is 19.4. The van der Waals surface area contributed by atoms with E-state index in [1.165, 1.54) is 13.0 Å². The molecule has 0 bridgehead atoms. The number of benzene rings is 1. The van der Waals surface area contributed by atoms with Gasteiger partial charge in [0.05, 0.1) is 0 Å². The third-order valence-electron chi connectivity index (χ3n) is 3.34. The summed E-state index contributed by atoms with van der Waals surface area (Å²) >= 11 is 0. The van der Waals surface area contributed by atoms with Crippen molar-refractivity contribution in [3.05, 3.63) is 41.5 Å². The molecule has 0 aliphatic carbocycles. The van der Waals surface area contributed by atoms with Crippen molar-refractivity contribution in [2.24, 2.45) is 5.92 Å². The first-order chi connectivity index (χ1) is 11.3. The first-order valence-electron chi connectivity index (χ1n) is 7.82. The summed E-state index contributed by atoms with van der Waals surface area (Å²) in [5.41, 5.74) is 1.38. The van der Waals surface area contributed by atoms with Crippen molar-refractivity contribution >= 4 is 17.8 Å². The van der Waals surface area contributed by atoms with E-state index in [4.69, 9.17) is 4.74 Å². The molecule has 1 rings (SSSR count). The van der Waals surface area contributed by atoms with Gasteiger partial charge in [-0.2, -0.15) is 0 Å². The third-order valence-corrected chi connectivity index (χ3v) is 3.34. The van der Waals surface area contributed by atoms with Crippen molar-refractivity contribution in [3.63, 3.8) is 0 Å². The molecule has 0 heterocycles. The molecule has 0 spiro atoms. The molecule has 1 aromatic rings. The van der Waals surface area contributed by atoms with Crippen LogP contribution < -0.4 is 15.4 Å². The fourth-order valence-electron chi connectivity index (χ4n) is 1.76. The quantitative estimate of drug-likeness (QED) is 0.346.